The number of carbonyl (C=O) groups is 2. The van der Waals surface area contributed by atoms with E-state index in [1.807, 2.05) is 0 Å². The van der Waals surface area contributed by atoms with Crippen LogP contribution >= 0.6 is 0 Å². The molecule has 0 spiro atoms. The van der Waals surface area contributed by atoms with E-state index in [1.54, 1.807) is 38.1 Å². The molecule has 106 valence electrons. The third-order valence-corrected chi connectivity index (χ3v) is 3.41. The maximum absolute atomic E-state index is 12.5. The minimum Gasteiger partial charge on any atom is -0.463 e. The largest absolute Gasteiger partial charge is 0.463 e. The van der Waals surface area contributed by atoms with E-state index < -0.39 is 17.5 Å². The van der Waals surface area contributed by atoms with Gasteiger partial charge >= 0.3 is 5.97 Å². The van der Waals surface area contributed by atoms with Gasteiger partial charge in [-0.2, -0.15) is 0 Å². The summed E-state index contributed by atoms with van der Waals surface area (Å²) >= 11 is 0. The van der Waals surface area contributed by atoms with Crippen LogP contribution in [0.1, 0.15) is 19.4 Å². The van der Waals surface area contributed by atoms with E-state index in [4.69, 9.17) is 4.74 Å². The number of benzene rings is 1. The molecule has 0 bridgehead atoms. The van der Waals surface area contributed by atoms with Crippen LogP contribution in [-0.4, -0.2) is 30.1 Å². The summed E-state index contributed by atoms with van der Waals surface area (Å²) in [5, 5.41) is 10.8. The number of anilines is 1. The molecule has 1 aromatic rings. The Kier molecular flexibility index (Phi) is 3.63. The minimum absolute atomic E-state index is 0.154. The lowest BCUT2D eigenvalue weighted by atomic mass is 9.88. The Morgan fingerprint density at radius 1 is 1.40 bits per heavy atom. The Balaban J connectivity index is 2.53. The van der Waals surface area contributed by atoms with Crippen molar-refractivity contribution in [1.29, 1.82) is 0 Å². The molecule has 0 aromatic heterocycles. The van der Waals surface area contributed by atoms with Crippen molar-refractivity contribution in [2.24, 2.45) is 0 Å². The van der Waals surface area contributed by atoms with Gasteiger partial charge in [-0.25, -0.2) is 4.79 Å². The number of likely N-dealkylation sites (N-methyl/N-ethyl adjacent to an activating group) is 1. The molecule has 5 nitrogen and oxygen atoms in total. The molecule has 1 unspecified atom stereocenters. The lowest BCUT2D eigenvalue weighted by Crippen LogP contribution is -2.43. The van der Waals surface area contributed by atoms with E-state index in [2.05, 4.69) is 6.58 Å². The highest BCUT2D eigenvalue weighted by molar-refractivity contribution is 6.13. The van der Waals surface area contributed by atoms with Crippen molar-refractivity contribution >= 4 is 17.6 Å². The molecule has 5 heteroatoms. The van der Waals surface area contributed by atoms with Crippen molar-refractivity contribution in [2.75, 3.05) is 18.1 Å². The fraction of sp³-hybridized carbons (Fsp3) is 0.333. The molecule has 1 amide bonds. The molecule has 1 N–H and O–H groups in total. The molecule has 1 aliphatic heterocycles. The zero-order chi connectivity index (χ0) is 14.9. The number of ether oxygens (including phenoxy) is 1. The number of esters is 1. The van der Waals surface area contributed by atoms with Crippen LogP contribution in [0.25, 0.3) is 0 Å². The number of rotatable bonds is 4. The topological polar surface area (TPSA) is 66.8 Å². The van der Waals surface area contributed by atoms with Crippen molar-refractivity contribution in [2.45, 2.75) is 19.4 Å². The van der Waals surface area contributed by atoms with E-state index >= 15 is 0 Å². The quantitative estimate of drug-likeness (QED) is 0.665. The summed E-state index contributed by atoms with van der Waals surface area (Å²) in [5.74, 6) is -1.34. The molecular weight excluding hydrogens is 258 g/mol. The number of nitrogens with zero attached hydrogens (tertiary/aromatic N) is 1. The Morgan fingerprint density at radius 2 is 2.05 bits per heavy atom. The summed E-state index contributed by atoms with van der Waals surface area (Å²) in [5.41, 5.74) is -1.34. The van der Waals surface area contributed by atoms with E-state index in [-0.39, 0.29) is 12.2 Å². The number of hydrogen-bond acceptors (Lipinski definition) is 4. The van der Waals surface area contributed by atoms with Gasteiger partial charge in [0.2, 0.25) is 5.60 Å². The van der Waals surface area contributed by atoms with Crippen molar-refractivity contribution in [1.82, 2.24) is 0 Å². The lowest BCUT2D eigenvalue weighted by Gasteiger charge is -2.23. The van der Waals surface area contributed by atoms with Gasteiger partial charge in [-0.1, -0.05) is 24.8 Å². The summed E-state index contributed by atoms with van der Waals surface area (Å²) in [4.78, 5) is 25.7. The predicted molar refractivity (Wildman–Crippen MR) is 74.1 cm³/mol. The average molecular weight is 275 g/mol. The van der Waals surface area contributed by atoms with Crippen molar-refractivity contribution < 1.29 is 19.4 Å². The monoisotopic (exact) mass is 275 g/mol. The molecule has 0 fully saturated rings. The smallest absolute Gasteiger partial charge is 0.337 e. The van der Waals surface area contributed by atoms with Crippen LogP contribution in [0.15, 0.2) is 36.4 Å². The van der Waals surface area contributed by atoms with E-state index in [0.717, 1.165) is 0 Å². The SMILES string of the molecule is C=C(C(=O)OCC)C1(O)C(=O)N(CC)c2ccccc21. The fourth-order valence-electron chi connectivity index (χ4n) is 2.41. The lowest BCUT2D eigenvalue weighted by molar-refractivity contribution is -0.145. The summed E-state index contributed by atoms with van der Waals surface area (Å²) in [6.45, 7) is 7.57. The first-order valence-corrected chi connectivity index (χ1v) is 6.48. The van der Waals surface area contributed by atoms with Crippen LogP contribution in [0.4, 0.5) is 5.69 Å². The van der Waals surface area contributed by atoms with Crippen LogP contribution in [0, 0.1) is 0 Å². The van der Waals surface area contributed by atoms with Crippen LogP contribution < -0.4 is 4.90 Å². The van der Waals surface area contributed by atoms with Gasteiger partial charge in [-0.05, 0) is 19.9 Å². The molecule has 1 atom stereocenters. The minimum atomic E-state index is -2.04. The first kappa shape index (κ1) is 14.3. The second-order valence-electron chi connectivity index (χ2n) is 4.48. The highest BCUT2D eigenvalue weighted by Gasteiger charge is 2.53. The molecule has 0 aliphatic carbocycles. The second kappa shape index (κ2) is 5.09. The molecular formula is C15H17NO4. The standard InChI is InChI=1S/C15H17NO4/c1-4-16-12-9-7-6-8-11(12)15(19,14(16)18)10(3)13(17)20-5-2/h6-9,19H,3-5H2,1-2H3. The van der Waals surface area contributed by atoms with Crippen LogP contribution in [-0.2, 0) is 19.9 Å². The van der Waals surface area contributed by atoms with Crippen LogP contribution in [0.2, 0.25) is 0 Å². The Morgan fingerprint density at radius 3 is 2.65 bits per heavy atom. The molecule has 1 aromatic carbocycles. The Bertz CT molecular complexity index is 581. The molecule has 1 heterocycles. The third-order valence-electron chi connectivity index (χ3n) is 3.41. The fourth-order valence-corrected chi connectivity index (χ4v) is 2.41. The second-order valence-corrected chi connectivity index (χ2v) is 4.48. The molecule has 0 saturated carbocycles. The van der Waals surface area contributed by atoms with Crippen molar-refractivity contribution in [3.63, 3.8) is 0 Å². The first-order chi connectivity index (χ1) is 9.48. The summed E-state index contributed by atoms with van der Waals surface area (Å²) in [6, 6.07) is 6.82. The number of amides is 1. The van der Waals surface area contributed by atoms with Gasteiger partial charge in [-0.3, -0.25) is 4.79 Å². The maximum atomic E-state index is 12.5. The summed E-state index contributed by atoms with van der Waals surface area (Å²) in [7, 11) is 0. The zero-order valence-corrected chi connectivity index (χ0v) is 11.5. The molecule has 20 heavy (non-hydrogen) atoms. The third kappa shape index (κ3) is 1.82. The number of hydrogen-bond donors (Lipinski definition) is 1. The van der Waals surface area contributed by atoms with Gasteiger partial charge in [0, 0.05) is 12.1 Å². The normalized spacial score (nSPS) is 20.8. The van der Waals surface area contributed by atoms with Gasteiger partial charge in [0.05, 0.1) is 17.9 Å². The first-order valence-electron chi connectivity index (χ1n) is 6.48. The highest BCUT2D eigenvalue weighted by Crippen LogP contribution is 2.44. The van der Waals surface area contributed by atoms with E-state index in [1.165, 1.54) is 4.90 Å². The van der Waals surface area contributed by atoms with Gasteiger partial charge in [0.1, 0.15) is 0 Å². The number of aliphatic hydroxyl groups is 1. The van der Waals surface area contributed by atoms with E-state index in [0.29, 0.717) is 17.8 Å². The summed E-state index contributed by atoms with van der Waals surface area (Å²) < 4.78 is 4.84. The molecule has 1 aliphatic rings. The maximum Gasteiger partial charge on any atom is 0.337 e. The molecule has 2 rings (SSSR count). The Labute approximate surface area is 117 Å². The van der Waals surface area contributed by atoms with Crippen molar-refractivity contribution in [3.05, 3.63) is 42.0 Å². The van der Waals surface area contributed by atoms with Gasteiger partial charge < -0.3 is 14.7 Å². The number of carbonyl (C=O) groups excluding carboxylic acids is 2. The van der Waals surface area contributed by atoms with Gasteiger partial charge in [-0.15, -0.1) is 0 Å². The van der Waals surface area contributed by atoms with Gasteiger partial charge in [0.25, 0.3) is 5.91 Å². The summed E-state index contributed by atoms with van der Waals surface area (Å²) in [6.07, 6.45) is 0. The van der Waals surface area contributed by atoms with Gasteiger partial charge in [0.15, 0.2) is 0 Å². The van der Waals surface area contributed by atoms with Crippen molar-refractivity contribution in [3.8, 4) is 0 Å². The Hall–Kier alpha value is -2.14. The zero-order valence-electron chi connectivity index (χ0n) is 11.5. The highest BCUT2D eigenvalue weighted by atomic mass is 16.5. The number of fused-ring (bicyclic) bond motifs is 1. The molecule has 0 radical (unpaired) electrons. The van der Waals surface area contributed by atoms with Crippen LogP contribution in [0.5, 0.6) is 0 Å². The molecule has 0 saturated heterocycles. The van der Waals surface area contributed by atoms with Crippen LogP contribution in [0.3, 0.4) is 0 Å². The average Bonchev–Trinajstić information content (AvgIpc) is 2.68. The number of para-hydroxylation sites is 1. The van der Waals surface area contributed by atoms with E-state index in [9.17, 15) is 14.7 Å². The predicted octanol–water partition coefficient (Wildman–Crippen LogP) is 1.36.